The van der Waals surface area contributed by atoms with Crippen molar-refractivity contribution in [1.29, 1.82) is 0 Å². The molecule has 0 aromatic rings. The van der Waals surface area contributed by atoms with Gasteiger partial charge in [0.1, 0.15) is 0 Å². The summed E-state index contributed by atoms with van der Waals surface area (Å²) in [6, 6.07) is 0.977. The zero-order chi connectivity index (χ0) is 9.97. The first-order chi connectivity index (χ1) is 6.85. The van der Waals surface area contributed by atoms with E-state index in [1.54, 1.807) is 0 Å². The number of likely N-dealkylation sites (N-methyl/N-ethyl adjacent to an activating group) is 1. The second-order valence-electron chi connectivity index (χ2n) is 4.21. The van der Waals surface area contributed by atoms with Crippen molar-refractivity contribution in [2.45, 2.75) is 31.0 Å². The van der Waals surface area contributed by atoms with Gasteiger partial charge in [-0.15, -0.1) is 6.58 Å². The lowest BCUT2D eigenvalue weighted by Gasteiger charge is -2.37. The number of rotatable bonds is 3. The fourth-order valence-electron chi connectivity index (χ4n) is 2.52. The molecule has 0 aliphatic carbocycles. The minimum absolute atomic E-state index is 0.284. The highest BCUT2D eigenvalue weighted by Crippen LogP contribution is 2.23. The van der Waals surface area contributed by atoms with Gasteiger partial charge in [0.25, 0.3) is 0 Å². The van der Waals surface area contributed by atoms with Crippen LogP contribution in [-0.4, -0.2) is 49.8 Å². The molecule has 3 atom stereocenters. The summed E-state index contributed by atoms with van der Waals surface area (Å²) in [5.41, 5.74) is 0. The van der Waals surface area contributed by atoms with Crippen LogP contribution in [0, 0.1) is 0 Å². The van der Waals surface area contributed by atoms with E-state index in [0.717, 1.165) is 13.2 Å². The highest BCUT2D eigenvalue weighted by Gasteiger charge is 2.34. The second-order valence-corrected chi connectivity index (χ2v) is 4.21. The molecular formula is C11H20N2O. The summed E-state index contributed by atoms with van der Waals surface area (Å²) in [4.78, 5) is 2.56. The minimum atomic E-state index is 0.284. The van der Waals surface area contributed by atoms with Gasteiger partial charge in [-0.25, -0.2) is 0 Å². The van der Waals surface area contributed by atoms with E-state index >= 15 is 0 Å². The summed E-state index contributed by atoms with van der Waals surface area (Å²) < 4.78 is 5.86. The number of hydrogen-bond acceptors (Lipinski definition) is 3. The number of ether oxygens (including phenoxy) is 1. The van der Waals surface area contributed by atoms with E-state index in [-0.39, 0.29) is 12.1 Å². The Labute approximate surface area is 86.1 Å². The fourth-order valence-corrected chi connectivity index (χ4v) is 2.52. The average molecular weight is 196 g/mol. The summed E-state index contributed by atoms with van der Waals surface area (Å²) in [6.45, 7) is 7.04. The minimum Gasteiger partial charge on any atom is -0.373 e. The lowest BCUT2D eigenvalue weighted by molar-refractivity contribution is -0.0567. The van der Waals surface area contributed by atoms with Crippen LogP contribution < -0.4 is 5.32 Å². The van der Waals surface area contributed by atoms with Crippen LogP contribution in [0.25, 0.3) is 0 Å². The van der Waals surface area contributed by atoms with Crippen molar-refractivity contribution in [2.75, 3.05) is 26.7 Å². The van der Waals surface area contributed by atoms with Crippen LogP contribution in [0.4, 0.5) is 0 Å². The molecule has 0 saturated carbocycles. The van der Waals surface area contributed by atoms with Crippen LogP contribution in [0.3, 0.4) is 0 Å². The van der Waals surface area contributed by atoms with E-state index in [9.17, 15) is 0 Å². The quantitative estimate of drug-likeness (QED) is 0.670. The van der Waals surface area contributed by atoms with E-state index in [1.807, 2.05) is 13.1 Å². The van der Waals surface area contributed by atoms with Gasteiger partial charge in [-0.3, -0.25) is 4.90 Å². The summed E-state index contributed by atoms with van der Waals surface area (Å²) in [7, 11) is 1.96. The van der Waals surface area contributed by atoms with Crippen molar-refractivity contribution in [3.63, 3.8) is 0 Å². The third-order valence-electron chi connectivity index (χ3n) is 3.40. The summed E-state index contributed by atoms with van der Waals surface area (Å²) >= 11 is 0. The van der Waals surface area contributed by atoms with Gasteiger partial charge in [-0.1, -0.05) is 6.08 Å². The van der Waals surface area contributed by atoms with Crippen LogP contribution in [0.15, 0.2) is 12.7 Å². The molecule has 14 heavy (non-hydrogen) atoms. The molecule has 80 valence electrons. The number of morpholine rings is 1. The van der Waals surface area contributed by atoms with Crippen LogP contribution in [0.1, 0.15) is 12.8 Å². The first kappa shape index (κ1) is 10.1. The van der Waals surface area contributed by atoms with Gasteiger partial charge in [0.15, 0.2) is 0 Å². The van der Waals surface area contributed by atoms with Crippen LogP contribution in [-0.2, 0) is 4.74 Å². The predicted molar refractivity (Wildman–Crippen MR) is 57.4 cm³/mol. The zero-order valence-electron chi connectivity index (χ0n) is 8.91. The SMILES string of the molecule is C=CC(NC)C1CN2CCCC2CO1. The topological polar surface area (TPSA) is 24.5 Å². The molecule has 0 radical (unpaired) electrons. The molecule has 0 aromatic heterocycles. The molecule has 2 aliphatic rings. The highest BCUT2D eigenvalue weighted by atomic mass is 16.5. The van der Waals surface area contributed by atoms with E-state index < -0.39 is 0 Å². The molecule has 3 unspecified atom stereocenters. The molecular weight excluding hydrogens is 176 g/mol. The van der Waals surface area contributed by atoms with Gasteiger partial charge < -0.3 is 10.1 Å². The first-order valence-electron chi connectivity index (χ1n) is 5.50. The van der Waals surface area contributed by atoms with E-state index in [2.05, 4.69) is 16.8 Å². The molecule has 0 spiro atoms. The van der Waals surface area contributed by atoms with Crippen LogP contribution in [0.2, 0.25) is 0 Å². The number of hydrogen-bond donors (Lipinski definition) is 1. The monoisotopic (exact) mass is 196 g/mol. The van der Waals surface area contributed by atoms with Crippen LogP contribution in [0.5, 0.6) is 0 Å². The Morgan fingerprint density at radius 1 is 1.64 bits per heavy atom. The molecule has 0 amide bonds. The van der Waals surface area contributed by atoms with Crippen LogP contribution >= 0.6 is 0 Å². The molecule has 3 heteroatoms. The van der Waals surface area contributed by atoms with Crippen molar-refractivity contribution in [3.8, 4) is 0 Å². The van der Waals surface area contributed by atoms with Crippen molar-refractivity contribution in [2.24, 2.45) is 0 Å². The van der Waals surface area contributed by atoms with E-state index in [0.29, 0.717) is 6.04 Å². The molecule has 3 nitrogen and oxygen atoms in total. The molecule has 2 rings (SSSR count). The number of fused-ring (bicyclic) bond motifs is 1. The lowest BCUT2D eigenvalue weighted by Crippen LogP contribution is -2.52. The average Bonchev–Trinajstić information content (AvgIpc) is 2.66. The Morgan fingerprint density at radius 2 is 2.50 bits per heavy atom. The lowest BCUT2D eigenvalue weighted by atomic mass is 10.1. The fraction of sp³-hybridized carbons (Fsp3) is 0.818. The van der Waals surface area contributed by atoms with Gasteiger partial charge in [0.05, 0.1) is 18.8 Å². The molecule has 1 N–H and O–H groups in total. The van der Waals surface area contributed by atoms with E-state index in [1.165, 1.54) is 19.4 Å². The zero-order valence-corrected chi connectivity index (χ0v) is 8.91. The Bertz CT molecular complexity index is 207. The molecule has 2 saturated heterocycles. The third-order valence-corrected chi connectivity index (χ3v) is 3.40. The Morgan fingerprint density at radius 3 is 3.21 bits per heavy atom. The van der Waals surface area contributed by atoms with Crippen molar-refractivity contribution < 1.29 is 4.74 Å². The largest absolute Gasteiger partial charge is 0.373 e. The predicted octanol–water partition coefficient (Wildman–Crippen LogP) is 0.624. The highest BCUT2D eigenvalue weighted by molar-refractivity contribution is 4.96. The van der Waals surface area contributed by atoms with Gasteiger partial charge >= 0.3 is 0 Å². The van der Waals surface area contributed by atoms with Gasteiger partial charge in [-0.2, -0.15) is 0 Å². The maximum absolute atomic E-state index is 5.86. The molecule has 2 fully saturated rings. The molecule has 2 heterocycles. The maximum Gasteiger partial charge on any atom is 0.0891 e. The van der Waals surface area contributed by atoms with Crippen molar-refractivity contribution >= 4 is 0 Å². The summed E-state index contributed by atoms with van der Waals surface area (Å²) in [5, 5.41) is 3.23. The smallest absolute Gasteiger partial charge is 0.0891 e. The standard InChI is InChI=1S/C11H20N2O/c1-3-10(12-2)11-7-13-6-4-5-9(13)8-14-11/h3,9-12H,1,4-8H2,2H3. The first-order valence-corrected chi connectivity index (χ1v) is 5.50. The third kappa shape index (κ3) is 1.85. The normalized spacial score (nSPS) is 35.2. The number of nitrogens with zero attached hydrogens (tertiary/aromatic N) is 1. The number of nitrogens with one attached hydrogen (secondary N) is 1. The Balaban J connectivity index is 1.93. The van der Waals surface area contributed by atoms with E-state index in [4.69, 9.17) is 4.74 Å². The Kier molecular flexibility index (Phi) is 3.21. The summed E-state index contributed by atoms with van der Waals surface area (Å²) in [5.74, 6) is 0. The molecule has 2 aliphatic heterocycles. The molecule has 0 aromatic carbocycles. The van der Waals surface area contributed by atoms with Gasteiger partial charge in [0, 0.05) is 12.6 Å². The maximum atomic E-state index is 5.86. The van der Waals surface area contributed by atoms with Gasteiger partial charge in [-0.05, 0) is 26.4 Å². The molecule has 0 bridgehead atoms. The van der Waals surface area contributed by atoms with Crippen molar-refractivity contribution in [1.82, 2.24) is 10.2 Å². The Hall–Kier alpha value is -0.380. The second kappa shape index (κ2) is 4.43. The summed E-state index contributed by atoms with van der Waals surface area (Å²) in [6.07, 6.45) is 4.87. The van der Waals surface area contributed by atoms with Gasteiger partial charge in [0.2, 0.25) is 0 Å². The van der Waals surface area contributed by atoms with Crippen molar-refractivity contribution in [3.05, 3.63) is 12.7 Å².